The Morgan fingerprint density at radius 1 is 1.39 bits per heavy atom. The van der Waals surface area contributed by atoms with Gasteiger partial charge in [0.05, 0.1) is 18.4 Å². The zero-order valence-corrected chi connectivity index (χ0v) is 13.8. The van der Waals surface area contributed by atoms with Crippen LogP contribution in [0.2, 0.25) is 0 Å². The number of benzene rings is 1. The molecule has 1 heterocycles. The number of halogens is 1. The summed E-state index contributed by atoms with van der Waals surface area (Å²) < 4.78 is 13.0. The largest absolute Gasteiger partial charge is 0.336 e. The van der Waals surface area contributed by atoms with Gasteiger partial charge in [-0.15, -0.1) is 0 Å². The lowest BCUT2D eigenvalue weighted by Crippen LogP contribution is -2.41. The summed E-state index contributed by atoms with van der Waals surface area (Å²) in [6, 6.07) is 6.23. The van der Waals surface area contributed by atoms with E-state index in [1.54, 1.807) is 30.3 Å². The molecule has 1 aromatic heterocycles. The van der Waals surface area contributed by atoms with Gasteiger partial charge in [-0.25, -0.2) is 9.18 Å². The Balaban J connectivity index is 2.05. The van der Waals surface area contributed by atoms with E-state index in [-0.39, 0.29) is 17.9 Å². The van der Waals surface area contributed by atoms with Crippen molar-refractivity contribution in [2.75, 3.05) is 7.05 Å². The number of amides is 2. The molecule has 0 saturated carbocycles. The van der Waals surface area contributed by atoms with Crippen molar-refractivity contribution in [2.24, 2.45) is 0 Å². The Bertz CT molecular complexity index is 638. The van der Waals surface area contributed by atoms with Crippen LogP contribution < -0.4 is 5.32 Å². The fourth-order valence-corrected chi connectivity index (χ4v) is 2.45. The second kappa shape index (κ2) is 7.76. The number of rotatable bonds is 6. The van der Waals surface area contributed by atoms with E-state index < -0.39 is 0 Å². The SMILES string of the molecule is CCC[C@@H](C)NC(=O)N(C)Cc1cn[nH]c1-c1ccc(F)cc1. The van der Waals surface area contributed by atoms with Crippen molar-refractivity contribution >= 4 is 6.03 Å². The third kappa shape index (κ3) is 4.55. The third-order valence-corrected chi connectivity index (χ3v) is 3.70. The zero-order chi connectivity index (χ0) is 16.8. The maximum atomic E-state index is 13.0. The van der Waals surface area contributed by atoms with Crippen LogP contribution in [0.25, 0.3) is 11.3 Å². The summed E-state index contributed by atoms with van der Waals surface area (Å²) in [5.41, 5.74) is 2.52. The number of nitrogens with zero attached hydrogens (tertiary/aromatic N) is 2. The molecule has 0 bridgehead atoms. The van der Waals surface area contributed by atoms with Crippen molar-refractivity contribution in [3.63, 3.8) is 0 Å². The second-order valence-corrected chi connectivity index (χ2v) is 5.77. The van der Waals surface area contributed by atoms with Crippen LogP contribution in [-0.4, -0.2) is 34.2 Å². The van der Waals surface area contributed by atoms with Crippen LogP contribution in [0.3, 0.4) is 0 Å². The highest BCUT2D eigenvalue weighted by Crippen LogP contribution is 2.22. The molecule has 0 unspecified atom stereocenters. The number of aromatic nitrogens is 2. The quantitative estimate of drug-likeness (QED) is 0.855. The first kappa shape index (κ1) is 17.0. The fraction of sp³-hybridized carbons (Fsp3) is 0.412. The van der Waals surface area contributed by atoms with Crippen LogP contribution in [0, 0.1) is 5.82 Å². The molecule has 2 aromatic rings. The normalized spacial score (nSPS) is 12.0. The molecule has 0 aliphatic heterocycles. The molecule has 23 heavy (non-hydrogen) atoms. The van der Waals surface area contributed by atoms with Gasteiger partial charge < -0.3 is 10.2 Å². The molecule has 6 heteroatoms. The van der Waals surface area contributed by atoms with Gasteiger partial charge in [0.2, 0.25) is 0 Å². The number of carbonyl (C=O) groups is 1. The van der Waals surface area contributed by atoms with E-state index >= 15 is 0 Å². The van der Waals surface area contributed by atoms with Gasteiger partial charge in [-0.05, 0) is 37.6 Å². The second-order valence-electron chi connectivity index (χ2n) is 5.77. The number of carbonyl (C=O) groups excluding carboxylic acids is 1. The van der Waals surface area contributed by atoms with Crippen LogP contribution in [0.5, 0.6) is 0 Å². The van der Waals surface area contributed by atoms with Crippen molar-refractivity contribution in [2.45, 2.75) is 39.3 Å². The minimum absolute atomic E-state index is 0.114. The summed E-state index contributed by atoms with van der Waals surface area (Å²) in [5, 5.41) is 9.93. The summed E-state index contributed by atoms with van der Waals surface area (Å²) >= 11 is 0. The maximum Gasteiger partial charge on any atom is 0.317 e. The summed E-state index contributed by atoms with van der Waals surface area (Å²) in [7, 11) is 1.75. The first-order chi connectivity index (χ1) is 11.0. The number of urea groups is 1. The van der Waals surface area contributed by atoms with Gasteiger partial charge in [0.1, 0.15) is 5.82 Å². The summed E-state index contributed by atoms with van der Waals surface area (Å²) in [6.45, 7) is 4.51. The molecular formula is C17H23FN4O. The molecule has 5 nitrogen and oxygen atoms in total. The Morgan fingerprint density at radius 3 is 2.74 bits per heavy atom. The van der Waals surface area contributed by atoms with Crippen molar-refractivity contribution in [3.05, 3.63) is 41.8 Å². The van der Waals surface area contributed by atoms with Gasteiger partial charge in [0, 0.05) is 24.2 Å². The highest BCUT2D eigenvalue weighted by atomic mass is 19.1. The van der Waals surface area contributed by atoms with Crippen molar-refractivity contribution in [1.82, 2.24) is 20.4 Å². The van der Waals surface area contributed by atoms with E-state index in [2.05, 4.69) is 22.4 Å². The van der Waals surface area contributed by atoms with Gasteiger partial charge in [-0.2, -0.15) is 5.10 Å². The van der Waals surface area contributed by atoms with Crippen molar-refractivity contribution in [1.29, 1.82) is 0 Å². The lowest BCUT2D eigenvalue weighted by Gasteiger charge is -2.21. The fourth-order valence-electron chi connectivity index (χ4n) is 2.45. The maximum absolute atomic E-state index is 13.0. The molecule has 0 spiro atoms. The van der Waals surface area contributed by atoms with E-state index in [0.29, 0.717) is 6.54 Å². The highest BCUT2D eigenvalue weighted by Gasteiger charge is 2.15. The minimum atomic E-state index is -0.281. The Hall–Kier alpha value is -2.37. The highest BCUT2D eigenvalue weighted by molar-refractivity contribution is 5.74. The van der Waals surface area contributed by atoms with Gasteiger partial charge in [-0.3, -0.25) is 5.10 Å². The molecule has 1 aromatic carbocycles. The first-order valence-electron chi connectivity index (χ1n) is 7.81. The molecule has 2 N–H and O–H groups in total. The predicted octanol–water partition coefficient (Wildman–Crippen LogP) is 3.55. The van der Waals surface area contributed by atoms with Crippen LogP contribution in [0.1, 0.15) is 32.3 Å². The van der Waals surface area contributed by atoms with E-state index in [1.807, 2.05) is 6.92 Å². The average molecular weight is 318 g/mol. The standard InChI is InChI=1S/C17H23FN4O/c1-4-5-12(2)20-17(23)22(3)11-14-10-19-21-16(14)13-6-8-15(18)9-7-13/h6-10,12H,4-5,11H2,1-3H3,(H,19,21)(H,20,23)/t12-/m1/s1. The molecule has 0 aliphatic carbocycles. The monoisotopic (exact) mass is 318 g/mol. The van der Waals surface area contributed by atoms with Gasteiger partial charge in [-0.1, -0.05) is 13.3 Å². The summed E-state index contributed by atoms with van der Waals surface area (Å²) in [5.74, 6) is -0.281. The molecule has 2 amide bonds. The third-order valence-electron chi connectivity index (χ3n) is 3.70. The number of aromatic amines is 1. The number of H-pyrrole nitrogens is 1. The predicted molar refractivity (Wildman–Crippen MR) is 88.4 cm³/mol. The van der Waals surface area contributed by atoms with E-state index in [4.69, 9.17) is 0 Å². The van der Waals surface area contributed by atoms with Crippen LogP contribution >= 0.6 is 0 Å². The molecule has 0 aliphatic rings. The van der Waals surface area contributed by atoms with Crippen molar-refractivity contribution in [3.8, 4) is 11.3 Å². The van der Waals surface area contributed by atoms with Gasteiger partial charge in [0.25, 0.3) is 0 Å². The van der Waals surface area contributed by atoms with Crippen LogP contribution in [0.15, 0.2) is 30.5 Å². The van der Waals surface area contributed by atoms with E-state index in [0.717, 1.165) is 29.7 Å². The minimum Gasteiger partial charge on any atom is -0.336 e. The molecule has 0 radical (unpaired) electrons. The Morgan fingerprint density at radius 2 is 2.09 bits per heavy atom. The van der Waals surface area contributed by atoms with Crippen molar-refractivity contribution < 1.29 is 9.18 Å². The lowest BCUT2D eigenvalue weighted by molar-refractivity contribution is 0.203. The average Bonchev–Trinajstić information content (AvgIpc) is 2.96. The topological polar surface area (TPSA) is 61.0 Å². The number of nitrogens with one attached hydrogen (secondary N) is 2. The van der Waals surface area contributed by atoms with Crippen LogP contribution in [0.4, 0.5) is 9.18 Å². The van der Waals surface area contributed by atoms with Gasteiger partial charge >= 0.3 is 6.03 Å². The van der Waals surface area contributed by atoms with Crippen LogP contribution in [-0.2, 0) is 6.54 Å². The van der Waals surface area contributed by atoms with Gasteiger partial charge in [0.15, 0.2) is 0 Å². The number of hydrogen-bond donors (Lipinski definition) is 2. The molecule has 0 saturated heterocycles. The smallest absolute Gasteiger partial charge is 0.317 e. The Labute approximate surface area is 135 Å². The number of hydrogen-bond acceptors (Lipinski definition) is 2. The molecule has 1 atom stereocenters. The molecule has 124 valence electrons. The summed E-state index contributed by atoms with van der Waals surface area (Å²) in [6.07, 6.45) is 3.67. The molecule has 2 rings (SSSR count). The lowest BCUT2D eigenvalue weighted by atomic mass is 10.1. The van der Waals surface area contributed by atoms with E-state index in [9.17, 15) is 9.18 Å². The zero-order valence-electron chi connectivity index (χ0n) is 13.8. The molecular weight excluding hydrogens is 295 g/mol. The van der Waals surface area contributed by atoms with E-state index in [1.165, 1.54) is 12.1 Å². The summed E-state index contributed by atoms with van der Waals surface area (Å²) in [4.78, 5) is 13.8. The first-order valence-corrected chi connectivity index (χ1v) is 7.81. The molecule has 0 fully saturated rings. The Kier molecular flexibility index (Phi) is 5.73.